The van der Waals surface area contributed by atoms with E-state index in [1.807, 2.05) is 72.8 Å². The number of nitrogens with one attached hydrogen (secondary N) is 1. The van der Waals surface area contributed by atoms with Crippen LogP contribution in [0.2, 0.25) is 0 Å². The first-order valence-corrected chi connectivity index (χ1v) is 15.3. The van der Waals surface area contributed by atoms with Crippen LogP contribution in [0.25, 0.3) is 22.1 Å². The largest absolute Gasteiger partial charge is 0.453 e. The molecule has 1 aliphatic carbocycles. The number of benzene rings is 3. The maximum absolute atomic E-state index is 13.6. The molecule has 6 nitrogen and oxygen atoms in total. The van der Waals surface area contributed by atoms with E-state index in [2.05, 4.69) is 10.2 Å². The number of alkyl halides is 2. The molecule has 9 heteroatoms. The van der Waals surface area contributed by atoms with E-state index in [1.54, 1.807) is 6.07 Å². The summed E-state index contributed by atoms with van der Waals surface area (Å²) in [5.74, 6) is 0.0344. The molecule has 2 aliphatic rings. The Labute approximate surface area is 253 Å². The molecule has 0 spiro atoms. The van der Waals surface area contributed by atoms with E-state index < -0.39 is 17.6 Å². The number of rotatable bonds is 9. The van der Waals surface area contributed by atoms with Gasteiger partial charge in [-0.05, 0) is 79.7 Å². The number of aldehydes is 1. The van der Waals surface area contributed by atoms with Crippen molar-refractivity contribution in [3.63, 3.8) is 0 Å². The van der Waals surface area contributed by atoms with Crippen molar-refractivity contribution in [1.82, 2.24) is 10.2 Å². The van der Waals surface area contributed by atoms with Gasteiger partial charge in [0.2, 0.25) is 5.91 Å². The van der Waals surface area contributed by atoms with Crippen LogP contribution in [-0.2, 0) is 10.2 Å². The molecule has 2 heterocycles. The van der Waals surface area contributed by atoms with Crippen molar-refractivity contribution in [2.45, 2.75) is 49.2 Å². The van der Waals surface area contributed by atoms with Gasteiger partial charge < -0.3 is 20.4 Å². The quantitative estimate of drug-likeness (QED) is 0.131. The summed E-state index contributed by atoms with van der Waals surface area (Å²) >= 11 is 0. The van der Waals surface area contributed by atoms with Gasteiger partial charge in [-0.25, -0.2) is 8.78 Å². The average molecular weight is 606 g/mol. The van der Waals surface area contributed by atoms with Gasteiger partial charge >= 0.3 is 0 Å². The molecule has 0 bridgehead atoms. The van der Waals surface area contributed by atoms with E-state index in [0.717, 1.165) is 78.5 Å². The molecule has 1 amide bonds. The number of para-hydroxylation sites is 1. The number of hydrogen-bond donors (Lipinski definition) is 2. The normalized spacial score (nSPS) is 16.2. The van der Waals surface area contributed by atoms with E-state index in [-0.39, 0.29) is 5.91 Å². The molecular formula is C34H38F2N3O3P. The first kappa shape index (κ1) is 31.0. The van der Waals surface area contributed by atoms with Gasteiger partial charge in [0.25, 0.3) is 5.66 Å². The van der Waals surface area contributed by atoms with Crippen LogP contribution >= 0.6 is 9.24 Å². The van der Waals surface area contributed by atoms with E-state index >= 15 is 0 Å². The fraction of sp³-hybridized carbons (Fsp3) is 0.353. The minimum atomic E-state index is -3.04. The first-order chi connectivity index (χ1) is 20.7. The fourth-order valence-corrected chi connectivity index (χ4v) is 6.37. The van der Waals surface area contributed by atoms with Crippen LogP contribution in [0.1, 0.15) is 53.8 Å². The van der Waals surface area contributed by atoms with Crippen LogP contribution in [0.15, 0.2) is 83.3 Å². The number of unbranched alkanes of at least 4 members (excludes halogenated alkanes) is 1. The van der Waals surface area contributed by atoms with Gasteiger partial charge in [-0.3, -0.25) is 9.59 Å². The van der Waals surface area contributed by atoms with Gasteiger partial charge in [0.15, 0.2) is 12.0 Å². The number of hydrogen-bond acceptors (Lipinski definition) is 5. The number of nitrogens with two attached hydrogens (primary N) is 1. The fourth-order valence-electron chi connectivity index (χ4n) is 6.26. The number of carbonyl (C=O) groups excluding carboxylic acids is 2. The molecule has 0 radical (unpaired) electrons. The molecule has 226 valence electrons. The summed E-state index contributed by atoms with van der Waals surface area (Å²) < 4.78 is 32.3. The third-order valence-electron chi connectivity index (χ3n) is 8.41. The molecule has 0 saturated carbocycles. The zero-order valence-electron chi connectivity index (χ0n) is 24.1. The summed E-state index contributed by atoms with van der Waals surface area (Å²) in [5.41, 5.74) is 6.63. The molecule has 43 heavy (non-hydrogen) atoms. The Hall–Kier alpha value is -3.45. The van der Waals surface area contributed by atoms with Crippen molar-refractivity contribution < 1.29 is 22.8 Å². The number of nitrogens with zero attached hydrogens (tertiary/aromatic N) is 1. The SMILES string of the molecule is NC1CCN(CCCCC2(C(=O)NCC(F)(F)P)c3ccccc3-c3ccccc32)CC1.O=Cc1cc2ccccc2o1. The molecule has 3 N–H and O–H groups in total. The minimum absolute atomic E-state index is 0.305. The Morgan fingerprint density at radius 1 is 1.00 bits per heavy atom. The number of piperidine rings is 1. The topological polar surface area (TPSA) is 88.6 Å². The summed E-state index contributed by atoms with van der Waals surface area (Å²) in [6.45, 7) is 2.30. The van der Waals surface area contributed by atoms with E-state index in [9.17, 15) is 18.4 Å². The predicted octanol–water partition coefficient (Wildman–Crippen LogP) is 6.38. The second-order valence-corrected chi connectivity index (χ2v) is 12.2. The van der Waals surface area contributed by atoms with Crippen molar-refractivity contribution in [2.24, 2.45) is 5.73 Å². The van der Waals surface area contributed by atoms with Crippen molar-refractivity contribution in [1.29, 1.82) is 0 Å². The van der Waals surface area contributed by atoms with Crippen molar-refractivity contribution in [2.75, 3.05) is 26.2 Å². The summed E-state index contributed by atoms with van der Waals surface area (Å²) in [6.07, 6.45) is 5.12. The first-order valence-electron chi connectivity index (χ1n) is 14.8. The van der Waals surface area contributed by atoms with Gasteiger partial charge in [-0.1, -0.05) is 82.4 Å². The molecule has 3 aromatic carbocycles. The monoisotopic (exact) mass is 605 g/mol. The summed E-state index contributed by atoms with van der Waals surface area (Å²) in [4.78, 5) is 26.3. The van der Waals surface area contributed by atoms with Crippen LogP contribution in [0.3, 0.4) is 0 Å². The van der Waals surface area contributed by atoms with Crippen molar-refractivity contribution in [3.05, 3.63) is 95.7 Å². The molecule has 6 rings (SSSR count). The zero-order valence-corrected chi connectivity index (χ0v) is 25.3. The van der Waals surface area contributed by atoms with Crippen molar-refractivity contribution in [3.8, 4) is 11.1 Å². The Morgan fingerprint density at radius 2 is 1.60 bits per heavy atom. The molecule has 4 aromatic rings. The highest BCUT2D eigenvalue weighted by atomic mass is 31.0. The lowest BCUT2D eigenvalue weighted by Gasteiger charge is -2.33. The average Bonchev–Trinajstić information content (AvgIpc) is 3.57. The summed E-state index contributed by atoms with van der Waals surface area (Å²) in [6, 6.07) is 25.3. The van der Waals surface area contributed by atoms with Gasteiger partial charge in [-0.15, -0.1) is 0 Å². The lowest BCUT2D eigenvalue weighted by atomic mass is 9.73. The Kier molecular flexibility index (Phi) is 9.70. The number of likely N-dealkylation sites (tertiary alicyclic amines) is 1. The van der Waals surface area contributed by atoms with Crippen molar-refractivity contribution >= 4 is 32.4 Å². The third-order valence-corrected chi connectivity index (χ3v) is 8.61. The van der Waals surface area contributed by atoms with Gasteiger partial charge in [0.05, 0.1) is 6.54 Å². The second-order valence-electron chi connectivity index (χ2n) is 11.4. The van der Waals surface area contributed by atoms with Crippen LogP contribution in [0.5, 0.6) is 0 Å². The van der Waals surface area contributed by atoms with Gasteiger partial charge in [0.1, 0.15) is 11.0 Å². The molecule has 1 saturated heterocycles. The number of furan rings is 1. The molecule has 1 fully saturated rings. The lowest BCUT2D eigenvalue weighted by Crippen LogP contribution is -2.47. The summed E-state index contributed by atoms with van der Waals surface area (Å²) in [7, 11) is 1.51. The Bertz CT molecular complexity index is 1480. The van der Waals surface area contributed by atoms with Gasteiger partial charge in [0, 0.05) is 11.4 Å². The third kappa shape index (κ3) is 7.04. The van der Waals surface area contributed by atoms with E-state index in [1.165, 1.54) is 9.24 Å². The minimum Gasteiger partial charge on any atom is -0.453 e. The maximum atomic E-state index is 13.6. The lowest BCUT2D eigenvalue weighted by molar-refractivity contribution is -0.126. The number of amides is 1. The Balaban J connectivity index is 0.000000279. The summed E-state index contributed by atoms with van der Waals surface area (Å²) in [5, 5.41) is 3.52. The van der Waals surface area contributed by atoms with E-state index in [0.29, 0.717) is 24.5 Å². The standard InChI is InChI=1S/C25H32F2N3OP.C9H6O2/c26-25(27,32)17-29-23(31)24(13-5-6-14-30-15-11-18(28)12-16-30)21-9-3-1-7-19(21)20-8-2-4-10-22(20)24;10-6-8-5-7-3-1-2-4-9(7)11-8/h1-4,7-10,18H,5-6,11-17,28,32H2,(H,29,31);1-6H. The molecule has 1 unspecified atom stereocenters. The molecular weight excluding hydrogens is 567 g/mol. The highest BCUT2D eigenvalue weighted by molar-refractivity contribution is 7.18. The maximum Gasteiger partial charge on any atom is 0.275 e. The molecule has 1 aromatic heterocycles. The number of halogens is 2. The van der Waals surface area contributed by atoms with Crippen LogP contribution < -0.4 is 11.1 Å². The van der Waals surface area contributed by atoms with E-state index in [4.69, 9.17) is 10.2 Å². The number of carbonyl (C=O) groups is 2. The highest BCUT2D eigenvalue weighted by Gasteiger charge is 2.48. The van der Waals surface area contributed by atoms with Crippen LogP contribution in [-0.4, -0.2) is 55.0 Å². The highest BCUT2D eigenvalue weighted by Crippen LogP contribution is 2.51. The van der Waals surface area contributed by atoms with Gasteiger partial charge in [-0.2, -0.15) is 0 Å². The van der Waals surface area contributed by atoms with Crippen LogP contribution in [0, 0.1) is 0 Å². The number of fused-ring (bicyclic) bond motifs is 4. The predicted molar refractivity (Wildman–Crippen MR) is 169 cm³/mol. The smallest absolute Gasteiger partial charge is 0.275 e. The molecule has 1 atom stereocenters. The van der Waals surface area contributed by atoms with Crippen LogP contribution in [0.4, 0.5) is 8.78 Å². The molecule has 1 aliphatic heterocycles. The Morgan fingerprint density at radius 3 is 2.21 bits per heavy atom. The second kappa shape index (κ2) is 13.5. The zero-order chi connectivity index (χ0) is 30.5.